The number of carbonyl (C=O) groups is 1. The monoisotopic (exact) mass is 399 g/mol. The number of aromatic nitrogens is 1. The second-order valence-corrected chi connectivity index (χ2v) is 8.01. The molecule has 0 saturated heterocycles. The van der Waals surface area contributed by atoms with Gasteiger partial charge in [0.05, 0.1) is 42.5 Å². The highest BCUT2D eigenvalue weighted by atomic mass is 35.5. The third-order valence-electron chi connectivity index (χ3n) is 4.13. The van der Waals surface area contributed by atoms with Gasteiger partial charge in [0.15, 0.2) is 5.13 Å². The Morgan fingerprint density at radius 2 is 2.00 bits per heavy atom. The first-order valence-electron chi connectivity index (χ1n) is 8.65. The molecule has 0 fully saturated rings. The second-order valence-electron chi connectivity index (χ2n) is 6.57. The molecule has 27 heavy (non-hydrogen) atoms. The summed E-state index contributed by atoms with van der Waals surface area (Å²) in [6.45, 7) is 1.53. The van der Waals surface area contributed by atoms with Gasteiger partial charge >= 0.3 is 0 Å². The van der Waals surface area contributed by atoms with Gasteiger partial charge in [0.1, 0.15) is 0 Å². The smallest absolute Gasteiger partial charge is 0.260 e. The van der Waals surface area contributed by atoms with Crippen molar-refractivity contribution in [1.82, 2.24) is 4.98 Å². The molecule has 1 aromatic heterocycles. The van der Waals surface area contributed by atoms with E-state index < -0.39 is 0 Å². The summed E-state index contributed by atoms with van der Waals surface area (Å²) < 4.78 is 0.952. The Hall–Kier alpha value is -2.46. The zero-order valence-corrected chi connectivity index (χ0v) is 16.8. The van der Waals surface area contributed by atoms with E-state index in [4.69, 9.17) is 16.9 Å². The van der Waals surface area contributed by atoms with Crippen molar-refractivity contribution in [2.45, 2.75) is 6.42 Å². The number of anilines is 1. The highest BCUT2D eigenvalue weighted by molar-refractivity contribution is 7.22. The first-order chi connectivity index (χ1) is 13.0. The topological polar surface area (TPSA) is 61.4 Å². The van der Waals surface area contributed by atoms with Gasteiger partial charge in [-0.05, 0) is 42.5 Å². The molecule has 0 bridgehead atoms. The second kappa shape index (κ2) is 8.49. The van der Waals surface area contributed by atoms with Crippen LogP contribution >= 0.6 is 22.9 Å². The van der Waals surface area contributed by atoms with E-state index in [0.29, 0.717) is 27.8 Å². The Morgan fingerprint density at radius 1 is 1.26 bits per heavy atom. The largest absolute Gasteiger partial charge is 0.340 e. The SMILES string of the molecule is C[NH+](C)CCCN(C(=O)c1ccc(C#N)cc1)c1nc2ccc(Cl)cc2s1. The fraction of sp³-hybridized carbons (Fsp3) is 0.250. The minimum atomic E-state index is -0.113. The summed E-state index contributed by atoms with van der Waals surface area (Å²) in [5.74, 6) is -0.113. The molecular weight excluding hydrogens is 380 g/mol. The molecule has 3 aromatic rings. The summed E-state index contributed by atoms with van der Waals surface area (Å²) in [5.41, 5.74) is 1.91. The van der Waals surface area contributed by atoms with E-state index in [1.807, 2.05) is 12.1 Å². The molecule has 0 aliphatic carbocycles. The van der Waals surface area contributed by atoms with Gasteiger partial charge in [0.25, 0.3) is 5.91 Å². The van der Waals surface area contributed by atoms with Gasteiger partial charge in [-0.15, -0.1) is 0 Å². The van der Waals surface area contributed by atoms with Crippen LogP contribution in [0.5, 0.6) is 0 Å². The predicted octanol–water partition coefficient (Wildman–Crippen LogP) is 3.00. The van der Waals surface area contributed by atoms with E-state index in [0.717, 1.165) is 23.2 Å². The number of hydrogen-bond donors (Lipinski definition) is 1. The van der Waals surface area contributed by atoms with E-state index in [9.17, 15) is 4.79 Å². The summed E-state index contributed by atoms with van der Waals surface area (Å²) in [4.78, 5) is 20.8. The van der Waals surface area contributed by atoms with Crippen LogP contribution in [0.2, 0.25) is 5.02 Å². The first kappa shape index (κ1) is 19.3. The molecule has 1 N–H and O–H groups in total. The van der Waals surface area contributed by atoms with Gasteiger partial charge in [-0.1, -0.05) is 22.9 Å². The highest BCUT2D eigenvalue weighted by Crippen LogP contribution is 2.31. The van der Waals surface area contributed by atoms with Crippen molar-refractivity contribution in [3.63, 3.8) is 0 Å². The highest BCUT2D eigenvalue weighted by Gasteiger charge is 2.21. The molecule has 0 saturated carbocycles. The molecule has 0 spiro atoms. The van der Waals surface area contributed by atoms with E-state index in [-0.39, 0.29) is 5.91 Å². The molecule has 0 atom stereocenters. The number of hydrogen-bond acceptors (Lipinski definition) is 4. The lowest BCUT2D eigenvalue weighted by Crippen LogP contribution is -3.05. The van der Waals surface area contributed by atoms with Crippen molar-refractivity contribution in [1.29, 1.82) is 5.26 Å². The van der Waals surface area contributed by atoms with Crippen molar-refractivity contribution in [3.05, 3.63) is 58.6 Å². The summed E-state index contributed by atoms with van der Waals surface area (Å²) in [5, 5.41) is 10.3. The quantitative estimate of drug-likeness (QED) is 0.693. The van der Waals surface area contributed by atoms with Gasteiger partial charge in [-0.3, -0.25) is 9.69 Å². The van der Waals surface area contributed by atoms with E-state index in [1.54, 1.807) is 35.2 Å². The molecule has 5 nitrogen and oxygen atoms in total. The van der Waals surface area contributed by atoms with Crippen LogP contribution in [0.1, 0.15) is 22.3 Å². The molecule has 0 unspecified atom stereocenters. The molecular formula is C20H20ClN4OS+. The zero-order valence-electron chi connectivity index (χ0n) is 15.2. The number of rotatable bonds is 6. The molecule has 2 aromatic carbocycles. The van der Waals surface area contributed by atoms with Crippen LogP contribution < -0.4 is 9.80 Å². The van der Waals surface area contributed by atoms with Crippen LogP contribution in [-0.4, -0.2) is 38.1 Å². The number of thiazole rings is 1. The third kappa shape index (κ3) is 4.64. The lowest BCUT2D eigenvalue weighted by Gasteiger charge is -2.20. The van der Waals surface area contributed by atoms with Gasteiger partial charge < -0.3 is 4.90 Å². The molecule has 3 rings (SSSR count). The van der Waals surface area contributed by atoms with E-state index in [1.165, 1.54) is 16.2 Å². The summed E-state index contributed by atoms with van der Waals surface area (Å²) in [6.07, 6.45) is 0.862. The standard InChI is InChI=1S/C20H19ClN4OS/c1-24(2)10-3-11-25(19(26)15-6-4-14(13-22)5-7-15)20-23-17-9-8-16(21)12-18(17)27-20/h4-9,12H,3,10-11H2,1-2H3/p+1. The van der Waals surface area contributed by atoms with Crippen molar-refractivity contribution in [3.8, 4) is 6.07 Å². The van der Waals surface area contributed by atoms with Crippen molar-refractivity contribution < 1.29 is 9.69 Å². The minimum Gasteiger partial charge on any atom is -0.340 e. The van der Waals surface area contributed by atoms with Gasteiger partial charge in [-0.25, -0.2) is 4.98 Å². The number of amides is 1. The normalized spacial score (nSPS) is 10.9. The van der Waals surface area contributed by atoms with Crippen molar-refractivity contribution >= 4 is 44.2 Å². The Bertz CT molecular complexity index is 991. The van der Waals surface area contributed by atoms with E-state index >= 15 is 0 Å². The van der Waals surface area contributed by atoms with Crippen LogP contribution in [0, 0.1) is 11.3 Å². The Labute approximate surface area is 167 Å². The van der Waals surface area contributed by atoms with Gasteiger partial charge in [-0.2, -0.15) is 5.26 Å². The van der Waals surface area contributed by atoms with Crippen LogP contribution in [0.15, 0.2) is 42.5 Å². The molecule has 0 radical (unpaired) electrons. The van der Waals surface area contributed by atoms with Gasteiger partial charge in [0, 0.05) is 23.6 Å². The van der Waals surface area contributed by atoms with Crippen LogP contribution in [0.3, 0.4) is 0 Å². The maximum atomic E-state index is 13.1. The predicted molar refractivity (Wildman–Crippen MR) is 110 cm³/mol. The maximum absolute atomic E-state index is 13.1. The number of quaternary nitrogens is 1. The average molecular weight is 400 g/mol. The number of halogens is 1. The number of fused-ring (bicyclic) bond motifs is 1. The molecule has 7 heteroatoms. The van der Waals surface area contributed by atoms with Crippen molar-refractivity contribution in [2.75, 3.05) is 32.1 Å². The molecule has 138 valence electrons. The Morgan fingerprint density at radius 3 is 2.67 bits per heavy atom. The number of benzene rings is 2. The average Bonchev–Trinajstić information content (AvgIpc) is 3.07. The van der Waals surface area contributed by atoms with Crippen molar-refractivity contribution in [2.24, 2.45) is 0 Å². The number of carbonyl (C=O) groups excluding carboxylic acids is 1. The number of nitriles is 1. The molecule has 1 amide bonds. The maximum Gasteiger partial charge on any atom is 0.260 e. The molecule has 1 heterocycles. The lowest BCUT2D eigenvalue weighted by atomic mass is 10.1. The number of nitrogens with one attached hydrogen (secondary N) is 1. The molecule has 0 aliphatic rings. The van der Waals surface area contributed by atoms with Crippen LogP contribution in [0.25, 0.3) is 10.2 Å². The summed E-state index contributed by atoms with van der Waals surface area (Å²) in [7, 11) is 4.18. The Balaban J connectivity index is 1.93. The Kier molecular flexibility index (Phi) is 6.07. The summed E-state index contributed by atoms with van der Waals surface area (Å²) >= 11 is 7.54. The van der Waals surface area contributed by atoms with E-state index in [2.05, 4.69) is 25.1 Å². The van der Waals surface area contributed by atoms with Crippen LogP contribution in [0.4, 0.5) is 5.13 Å². The zero-order chi connectivity index (χ0) is 19.4. The molecule has 0 aliphatic heterocycles. The lowest BCUT2D eigenvalue weighted by molar-refractivity contribution is -0.858. The summed E-state index contributed by atoms with van der Waals surface area (Å²) in [6, 6.07) is 14.3. The minimum absolute atomic E-state index is 0.113. The third-order valence-corrected chi connectivity index (χ3v) is 5.41. The number of nitrogens with zero attached hydrogens (tertiary/aromatic N) is 3. The first-order valence-corrected chi connectivity index (χ1v) is 9.84. The fourth-order valence-corrected chi connectivity index (χ4v) is 3.99. The van der Waals surface area contributed by atoms with Crippen LogP contribution in [-0.2, 0) is 0 Å². The van der Waals surface area contributed by atoms with Gasteiger partial charge in [0.2, 0.25) is 0 Å². The fourth-order valence-electron chi connectivity index (χ4n) is 2.72.